The van der Waals surface area contributed by atoms with Crippen molar-refractivity contribution in [3.63, 3.8) is 0 Å². The van der Waals surface area contributed by atoms with Gasteiger partial charge in [0.2, 0.25) is 5.91 Å². The Kier molecular flexibility index (Phi) is 5.58. The molecule has 3 N–H and O–H groups in total. The topological polar surface area (TPSA) is 62.4 Å². The van der Waals surface area contributed by atoms with Gasteiger partial charge in [-0.25, -0.2) is 10.9 Å². The van der Waals surface area contributed by atoms with Gasteiger partial charge in [-0.1, -0.05) is 41.9 Å². The number of hydrazine groups is 1. The molecule has 6 heteroatoms. The number of nitrogens with one attached hydrogen (secondary N) is 3. The van der Waals surface area contributed by atoms with Crippen molar-refractivity contribution in [2.45, 2.75) is 18.5 Å². The lowest BCUT2D eigenvalue weighted by Gasteiger charge is -2.12. The summed E-state index contributed by atoms with van der Waals surface area (Å²) < 4.78 is 5.77. The lowest BCUT2D eigenvalue weighted by atomic mass is 10.0. The zero-order valence-corrected chi connectivity index (χ0v) is 15.8. The van der Waals surface area contributed by atoms with E-state index in [-0.39, 0.29) is 18.0 Å². The van der Waals surface area contributed by atoms with Crippen LogP contribution in [0.2, 0.25) is 5.02 Å². The summed E-state index contributed by atoms with van der Waals surface area (Å²) >= 11 is 5.94. The minimum Gasteiger partial charge on any atom is -0.457 e. The molecule has 1 fully saturated rings. The molecule has 0 aliphatic carbocycles. The first kappa shape index (κ1) is 18.5. The van der Waals surface area contributed by atoms with Gasteiger partial charge in [-0.3, -0.25) is 4.79 Å². The van der Waals surface area contributed by atoms with Crippen LogP contribution >= 0.6 is 11.6 Å². The molecule has 3 aromatic rings. The summed E-state index contributed by atoms with van der Waals surface area (Å²) in [6.45, 7) is 0. The van der Waals surface area contributed by atoms with Gasteiger partial charge in [-0.05, 0) is 60.5 Å². The third-order valence-corrected chi connectivity index (χ3v) is 4.84. The van der Waals surface area contributed by atoms with Gasteiger partial charge in [0.1, 0.15) is 17.5 Å². The number of ether oxygens (including phenoxy) is 1. The van der Waals surface area contributed by atoms with Crippen LogP contribution in [-0.2, 0) is 4.79 Å². The molecule has 28 heavy (non-hydrogen) atoms. The summed E-state index contributed by atoms with van der Waals surface area (Å²) in [6.07, 6.45) is 0.655. The standard InChI is InChI=1S/C22H20ClN3O2/c23-16-8-6-15(7-9-16)20-14-21(26-25-20)22(27)24-17-10-12-19(13-11-17)28-18-4-2-1-3-5-18/h1-13,20-21,25-26H,14H2,(H,24,27). The number of carbonyl (C=O) groups excluding carboxylic acids is 1. The Morgan fingerprint density at radius 3 is 2.29 bits per heavy atom. The summed E-state index contributed by atoms with van der Waals surface area (Å²) in [6, 6.07) is 24.3. The highest BCUT2D eigenvalue weighted by molar-refractivity contribution is 6.30. The molecule has 142 valence electrons. The van der Waals surface area contributed by atoms with E-state index in [0.717, 1.165) is 17.0 Å². The second-order valence-corrected chi connectivity index (χ2v) is 7.05. The molecule has 0 saturated carbocycles. The number of rotatable bonds is 5. The highest BCUT2D eigenvalue weighted by Gasteiger charge is 2.30. The number of carbonyl (C=O) groups is 1. The molecule has 4 rings (SSSR count). The lowest BCUT2D eigenvalue weighted by molar-refractivity contribution is -0.117. The predicted molar refractivity (Wildman–Crippen MR) is 110 cm³/mol. The molecule has 1 amide bonds. The molecule has 3 aromatic carbocycles. The quantitative estimate of drug-likeness (QED) is 0.589. The number of hydrogen-bond acceptors (Lipinski definition) is 4. The Morgan fingerprint density at radius 2 is 1.57 bits per heavy atom. The van der Waals surface area contributed by atoms with Crippen molar-refractivity contribution in [2.24, 2.45) is 0 Å². The third-order valence-electron chi connectivity index (χ3n) is 4.59. The zero-order valence-electron chi connectivity index (χ0n) is 15.1. The van der Waals surface area contributed by atoms with Gasteiger partial charge in [-0.2, -0.15) is 0 Å². The largest absolute Gasteiger partial charge is 0.457 e. The second-order valence-electron chi connectivity index (χ2n) is 6.61. The van der Waals surface area contributed by atoms with E-state index in [9.17, 15) is 4.79 Å². The van der Waals surface area contributed by atoms with Gasteiger partial charge in [0.05, 0.1) is 0 Å². The van der Waals surface area contributed by atoms with Crippen LogP contribution in [0.5, 0.6) is 11.5 Å². The van der Waals surface area contributed by atoms with Crippen LogP contribution < -0.4 is 20.9 Å². The number of benzene rings is 3. The monoisotopic (exact) mass is 393 g/mol. The molecule has 1 aliphatic heterocycles. The fourth-order valence-electron chi connectivity index (χ4n) is 3.10. The van der Waals surface area contributed by atoms with E-state index in [1.807, 2.05) is 78.9 Å². The highest BCUT2D eigenvalue weighted by Crippen LogP contribution is 2.25. The van der Waals surface area contributed by atoms with Crippen molar-refractivity contribution in [1.29, 1.82) is 0 Å². The molecule has 0 spiro atoms. The van der Waals surface area contributed by atoms with E-state index in [4.69, 9.17) is 16.3 Å². The molecule has 0 bridgehead atoms. The van der Waals surface area contributed by atoms with Gasteiger partial charge in [-0.15, -0.1) is 0 Å². The molecule has 1 saturated heterocycles. The van der Waals surface area contributed by atoms with E-state index in [1.54, 1.807) is 0 Å². The molecule has 2 atom stereocenters. The van der Waals surface area contributed by atoms with Crippen molar-refractivity contribution in [3.05, 3.63) is 89.4 Å². The Morgan fingerprint density at radius 1 is 0.893 bits per heavy atom. The number of hydrogen-bond donors (Lipinski definition) is 3. The first-order valence-electron chi connectivity index (χ1n) is 9.08. The van der Waals surface area contributed by atoms with Crippen molar-refractivity contribution >= 4 is 23.2 Å². The Labute approximate surface area is 168 Å². The highest BCUT2D eigenvalue weighted by atomic mass is 35.5. The summed E-state index contributed by atoms with van der Waals surface area (Å²) in [7, 11) is 0. The van der Waals surface area contributed by atoms with Crippen molar-refractivity contribution < 1.29 is 9.53 Å². The fourth-order valence-corrected chi connectivity index (χ4v) is 3.23. The normalized spacial score (nSPS) is 18.6. The summed E-state index contributed by atoms with van der Waals surface area (Å²) in [5.41, 5.74) is 8.05. The molecule has 0 aromatic heterocycles. The molecular formula is C22H20ClN3O2. The predicted octanol–water partition coefficient (Wildman–Crippen LogP) is 4.68. The van der Waals surface area contributed by atoms with Crippen molar-refractivity contribution in [2.75, 3.05) is 5.32 Å². The maximum absolute atomic E-state index is 12.6. The van der Waals surface area contributed by atoms with Gasteiger partial charge >= 0.3 is 0 Å². The molecule has 1 heterocycles. The average Bonchev–Trinajstić information content (AvgIpc) is 3.21. The zero-order chi connectivity index (χ0) is 19.3. The van der Waals surface area contributed by atoms with Crippen molar-refractivity contribution in [3.8, 4) is 11.5 Å². The molecule has 0 radical (unpaired) electrons. The molecule has 5 nitrogen and oxygen atoms in total. The maximum atomic E-state index is 12.6. The minimum atomic E-state index is -0.319. The van der Waals surface area contributed by atoms with Gasteiger partial charge in [0.25, 0.3) is 0 Å². The van der Waals surface area contributed by atoms with E-state index < -0.39 is 0 Å². The van der Waals surface area contributed by atoms with Crippen LogP contribution in [0, 0.1) is 0 Å². The maximum Gasteiger partial charge on any atom is 0.242 e. The minimum absolute atomic E-state index is 0.0645. The summed E-state index contributed by atoms with van der Waals surface area (Å²) in [4.78, 5) is 12.6. The van der Waals surface area contributed by atoms with E-state index in [0.29, 0.717) is 17.2 Å². The second kappa shape index (κ2) is 8.44. The number of para-hydroxylation sites is 1. The number of halogens is 1. The lowest BCUT2D eigenvalue weighted by Crippen LogP contribution is -2.39. The Bertz CT molecular complexity index is 930. The molecule has 2 unspecified atom stereocenters. The average molecular weight is 394 g/mol. The van der Waals surface area contributed by atoms with Crippen LogP contribution in [0.15, 0.2) is 78.9 Å². The van der Waals surface area contributed by atoms with E-state index in [2.05, 4.69) is 16.2 Å². The summed E-state index contributed by atoms with van der Waals surface area (Å²) in [5, 5.41) is 3.64. The van der Waals surface area contributed by atoms with E-state index in [1.165, 1.54) is 0 Å². The van der Waals surface area contributed by atoms with Crippen molar-refractivity contribution in [1.82, 2.24) is 10.9 Å². The van der Waals surface area contributed by atoms with Crippen LogP contribution in [0.4, 0.5) is 5.69 Å². The van der Waals surface area contributed by atoms with E-state index >= 15 is 0 Å². The third kappa shape index (κ3) is 4.51. The summed E-state index contributed by atoms with van der Waals surface area (Å²) in [5.74, 6) is 1.40. The van der Waals surface area contributed by atoms with Gasteiger partial charge in [0.15, 0.2) is 0 Å². The van der Waals surface area contributed by atoms with Crippen LogP contribution in [-0.4, -0.2) is 11.9 Å². The SMILES string of the molecule is O=C(Nc1ccc(Oc2ccccc2)cc1)C1CC(c2ccc(Cl)cc2)NN1. The molecule has 1 aliphatic rings. The first-order chi connectivity index (χ1) is 13.7. The smallest absolute Gasteiger partial charge is 0.242 e. The molecular weight excluding hydrogens is 374 g/mol. The Hall–Kier alpha value is -2.86. The van der Waals surface area contributed by atoms with Gasteiger partial charge < -0.3 is 10.1 Å². The Balaban J connectivity index is 1.33. The number of amides is 1. The fraction of sp³-hybridized carbons (Fsp3) is 0.136. The van der Waals surface area contributed by atoms with Crippen LogP contribution in [0.1, 0.15) is 18.0 Å². The first-order valence-corrected chi connectivity index (χ1v) is 9.45. The van der Waals surface area contributed by atoms with Crippen LogP contribution in [0.3, 0.4) is 0 Å². The van der Waals surface area contributed by atoms with Crippen LogP contribution in [0.25, 0.3) is 0 Å². The van der Waals surface area contributed by atoms with Gasteiger partial charge in [0, 0.05) is 16.8 Å². The number of anilines is 1.